The molecule has 8 heteroatoms. The molecule has 2 aliphatic rings. The van der Waals surface area contributed by atoms with Crippen LogP contribution in [0.5, 0.6) is 0 Å². The van der Waals surface area contributed by atoms with Gasteiger partial charge in [0.25, 0.3) is 0 Å². The number of hydrogen-bond donors (Lipinski definition) is 0. The lowest BCUT2D eigenvalue weighted by Gasteiger charge is -2.31. The number of nitrogens with zero attached hydrogens (tertiary/aromatic N) is 2. The molecule has 24 heavy (non-hydrogen) atoms. The first-order valence-electron chi connectivity index (χ1n) is 8.77. The highest BCUT2D eigenvalue weighted by Gasteiger charge is 2.48. The van der Waals surface area contributed by atoms with Crippen LogP contribution in [0.3, 0.4) is 0 Å². The molecule has 2 rings (SSSR count). The fourth-order valence-electron chi connectivity index (χ4n) is 2.76. The van der Waals surface area contributed by atoms with E-state index in [4.69, 9.17) is 10.6 Å². The number of alkyl halides is 1. The fourth-order valence-corrected chi connectivity index (χ4v) is 3.71. The van der Waals surface area contributed by atoms with Crippen LogP contribution in [0, 0.1) is 0 Å². The number of halogens is 1. The van der Waals surface area contributed by atoms with E-state index in [0.29, 0.717) is 0 Å². The van der Waals surface area contributed by atoms with Crippen molar-refractivity contribution < 1.29 is 24.6 Å². The van der Waals surface area contributed by atoms with Gasteiger partial charge in [-0.15, -0.1) is 0 Å². The molecule has 0 spiro atoms. The maximum Gasteiger partial charge on any atom is 0.236 e. The molecule has 0 N–H and O–H groups in total. The predicted octanol–water partition coefficient (Wildman–Crippen LogP) is 2.40. The summed E-state index contributed by atoms with van der Waals surface area (Å²) in [4.78, 5) is 24.4. The summed E-state index contributed by atoms with van der Waals surface area (Å²) in [6.07, 6.45) is -2.21. The fraction of sp³-hybridized carbons (Fsp3) is 0.750. The lowest BCUT2D eigenvalue weighted by atomic mass is 10.1. The Labute approximate surface area is 145 Å². The Morgan fingerprint density at radius 3 is 2.62 bits per heavy atom. The van der Waals surface area contributed by atoms with Crippen molar-refractivity contribution in [1.29, 1.82) is 0 Å². The lowest BCUT2D eigenvalue weighted by molar-refractivity contribution is -0.145. The van der Waals surface area contributed by atoms with Crippen LogP contribution in [-0.2, 0) is 18.8 Å². The maximum atomic E-state index is 14.9. The molecular weight excluding hydrogens is 334 g/mol. The third kappa shape index (κ3) is 4.20. The second-order valence-corrected chi connectivity index (χ2v) is 7.47. The Hall–Kier alpha value is -0.880. The smallest absolute Gasteiger partial charge is 0.236 e. The quantitative estimate of drug-likeness (QED) is 0.537. The molecule has 5 atom stereocenters. The molecule has 0 aliphatic carbocycles. The molecule has 1 saturated heterocycles. The van der Waals surface area contributed by atoms with E-state index in [2.05, 4.69) is 4.67 Å². The highest BCUT2D eigenvalue weighted by atomic mass is 31.1. The van der Waals surface area contributed by atoms with Crippen LogP contribution in [0.4, 0.5) is 4.39 Å². The molecule has 5 unspecified atom stereocenters. The van der Waals surface area contributed by atoms with Crippen molar-refractivity contribution in [3.8, 4) is 0 Å². The summed E-state index contributed by atoms with van der Waals surface area (Å²) in [6, 6.07) is 0.475. The summed E-state index contributed by atoms with van der Waals surface area (Å²) in [7, 11) is -0.0640. The zero-order valence-corrected chi connectivity index (χ0v) is 15.4. The summed E-state index contributed by atoms with van der Waals surface area (Å²) >= 11 is 0. The van der Waals surface area contributed by atoms with Crippen molar-refractivity contribution in [2.24, 2.45) is 0 Å². The van der Waals surface area contributed by atoms with Crippen LogP contribution in [-0.4, -0.2) is 58.0 Å². The molecule has 2 heterocycles. The monoisotopic (exact) mass is 361 g/mol. The molecule has 0 saturated carbocycles. The summed E-state index contributed by atoms with van der Waals surface area (Å²) in [5.74, 6) is -0.816. The number of carbonyl (C=O) groups is 2. The average molecular weight is 361 g/mol. The second-order valence-electron chi connectivity index (χ2n) is 6.54. The first kappa shape index (κ1) is 17.9. The van der Waals surface area contributed by atoms with Crippen molar-refractivity contribution in [3.05, 3.63) is 12.3 Å². The van der Waals surface area contributed by atoms with Crippen molar-refractivity contribution in [2.45, 2.75) is 77.7 Å². The van der Waals surface area contributed by atoms with E-state index in [9.17, 15) is 14.0 Å². The average Bonchev–Trinajstić information content (AvgIpc) is 2.83. The van der Waals surface area contributed by atoms with Gasteiger partial charge in [-0.25, -0.2) is 4.39 Å². The number of carbonyl (C=O) groups excluding carboxylic acids is 2. The van der Waals surface area contributed by atoms with Gasteiger partial charge in [0.2, 0.25) is 5.91 Å². The van der Waals surface area contributed by atoms with Crippen LogP contribution >= 0.6 is 8.96 Å². The molecular formula is C16H26FN2O4P. The maximum absolute atomic E-state index is 14.9. The largest absolute Gasteiger partial charge is 0.349 e. The number of ketones is 1. The van der Waals surface area contributed by atoms with Gasteiger partial charge in [-0.05, 0) is 40.7 Å². The van der Waals surface area contributed by atoms with E-state index in [1.54, 1.807) is 0 Å². The number of ether oxygens (including phenoxy) is 1. The molecule has 1 amide bonds. The summed E-state index contributed by atoms with van der Waals surface area (Å²) in [5, 5.41) is 0. The van der Waals surface area contributed by atoms with Crippen molar-refractivity contribution >= 4 is 20.6 Å². The number of allylic oxidation sites excluding steroid dienone is 1. The summed E-state index contributed by atoms with van der Waals surface area (Å²) < 4.78 is 36.0. The van der Waals surface area contributed by atoms with Crippen LogP contribution in [0.15, 0.2) is 12.3 Å². The number of hydrogen-bond acceptors (Lipinski definition) is 5. The Morgan fingerprint density at radius 1 is 1.42 bits per heavy atom. The Kier molecular flexibility index (Phi) is 5.98. The number of amides is 1. The van der Waals surface area contributed by atoms with E-state index in [-0.39, 0.29) is 40.1 Å². The number of rotatable bonds is 6. The highest BCUT2D eigenvalue weighted by molar-refractivity contribution is 7.29. The van der Waals surface area contributed by atoms with Crippen LogP contribution in [0.25, 0.3) is 0 Å². The van der Waals surface area contributed by atoms with Crippen LogP contribution in [0.1, 0.15) is 42.4 Å². The molecule has 0 aromatic carbocycles. The van der Waals surface area contributed by atoms with Gasteiger partial charge in [-0.2, -0.15) is 0 Å². The molecule has 2 aliphatic heterocycles. The van der Waals surface area contributed by atoms with Gasteiger partial charge in [-0.1, -0.05) is 0 Å². The van der Waals surface area contributed by atoms with E-state index >= 15 is 0 Å². The minimum absolute atomic E-state index is 0.0640. The van der Waals surface area contributed by atoms with Gasteiger partial charge in [0, 0.05) is 19.7 Å². The standard InChI is InChI=1S/C16H26FN2O4P/c1-9(2)19(10(3)4)24-23-15-11(5)22-16(14(15)17)18-7-6-12(20)8-13(18)21/h6-7,9-11,14-16,24H,8H2,1-5H3/i5D. The zero-order chi connectivity index (χ0) is 18.7. The molecule has 0 bridgehead atoms. The van der Waals surface area contributed by atoms with Crippen LogP contribution < -0.4 is 0 Å². The zero-order valence-electron chi connectivity index (χ0n) is 15.4. The lowest BCUT2D eigenvalue weighted by Crippen LogP contribution is -2.44. The van der Waals surface area contributed by atoms with E-state index in [1.807, 2.05) is 27.7 Å². The van der Waals surface area contributed by atoms with Gasteiger partial charge in [0.05, 0.1) is 21.5 Å². The second kappa shape index (κ2) is 8.00. The minimum atomic E-state index is -1.58. The van der Waals surface area contributed by atoms with Gasteiger partial charge in [-0.3, -0.25) is 19.2 Å². The first-order valence-corrected chi connectivity index (χ1v) is 8.92. The van der Waals surface area contributed by atoms with Gasteiger partial charge >= 0.3 is 0 Å². The predicted molar refractivity (Wildman–Crippen MR) is 90.1 cm³/mol. The Balaban J connectivity index is 2.07. The molecule has 0 radical (unpaired) electrons. The van der Waals surface area contributed by atoms with Gasteiger partial charge < -0.3 is 9.26 Å². The first-order chi connectivity index (χ1) is 11.8. The van der Waals surface area contributed by atoms with Crippen molar-refractivity contribution in [2.75, 3.05) is 0 Å². The topological polar surface area (TPSA) is 59.1 Å². The molecule has 0 aromatic rings. The SMILES string of the molecule is [2H]CC1OC(N2C=CC(=O)CC2=O)C(F)C1OPN(C(C)C)C(C)C. The van der Waals surface area contributed by atoms with Gasteiger partial charge in [0.1, 0.15) is 6.10 Å². The van der Waals surface area contributed by atoms with Crippen molar-refractivity contribution in [1.82, 2.24) is 9.57 Å². The third-order valence-electron chi connectivity index (χ3n) is 3.98. The minimum Gasteiger partial charge on any atom is -0.349 e. The van der Waals surface area contributed by atoms with E-state index < -0.39 is 30.5 Å². The van der Waals surface area contributed by atoms with E-state index in [0.717, 1.165) is 4.90 Å². The summed E-state index contributed by atoms with van der Waals surface area (Å²) in [6.45, 7) is 7.97. The van der Waals surface area contributed by atoms with Crippen LogP contribution in [0.2, 0.25) is 0 Å². The normalized spacial score (nSPS) is 32.2. The summed E-state index contributed by atoms with van der Waals surface area (Å²) in [5.41, 5.74) is 0. The Morgan fingerprint density at radius 2 is 2.08 bits per heavy atom. The molecule has 6 nitrogen and oxygen atoms in total. The van der Waals surface area contributed by atoms with Crippen molar-refractivity contribution in [3.63, 3.8) is 0 Å². The molecule has 136 valence electrons. The third-order valence-corrected chi connectivity index (χ3v) is 5.60. The van der Waals surface area contributed by atoms with E-state index in [1.165, 1.54) is 12.3 Å². The van der Waals surface area contributed by atoms with Gasteiger partial charge in [0.15, 0.2) is 18.2 Å². The Bertz CT molecular complexity index is 526. The highest BCUT2D eigenvalue weighted by Crippen LogP contribution is 2.36. The molecule has 0 aromatic heterocycles. The molecule has 1 fully saturated rings.